The maximum atomic E-state index is 7.08. The maximum absolute atomic E-state index is 7.08. The van der Waals surface area contributed by atoms with Crippen LogP contribution < -0.4 is 0 Å². The normalized spacial score (nSPS) is 6.50. The van der Waals surface area contributed by atoms with E-state index in [9.17, 15) is 0 Å². The molecule has 1 heterocycles. The lowest BCUT2D eigenvalue weighted by Gasteiger charge is -1.43. The Kier molecular flexibility index (Phi) is 5.53. The van der Waals surface area contributed by atoms with Crippen molar-refractivity contribution in [2.24, 2.45) is 5.16 Å². The molecule has 1 rings (SSSR count). The van der Waals surface area contributed by atoms with E-state index in [1.807, 2.05) is 22.9 Å². The smallest absolute Gasteiger partial charge is 0.0298 e. The van der Waals surface area contributed by atoms with Gasteiger partial charge in [-0.15, -0.1) is 5.16 Å². The molecule has 0 bridgehead atoms. The van der Waals surface area contributed by atoms with Crippen LogP contribution in [0.3, 0.4) is 0 Å². The van der Waals surface area contributed by atoms with Crippen LogP contribution in [-0.2, 0) is 0 Å². The summed E-state index contributed by atoms with van der Waals surface area (Å²) in [5, 5.41) is 13.4. The van der Waals surface area contributed by atoms with Crippen LogP contribution in [0.1, 0.15) is 0 Å². The fraction of sp³-hybridized carbons (Fsp3) is 0. The molecule has 0 unspecified atom stereocenters. The van der Waals surface area contributed by atoms with Crippen molar-refractivity contribution in [3.63, 3.8) is 0 Å². The topological polar surface area (TPSA) is 32.6 Å². The molecule has 0 aliphatic carbocycles. The number of thiophene rings is 1. The quantitative estimate of drug-likeness (QED) is 0.323. The van der Waals surface area contributed by atoms with Crippen LogP contribution in [0.25, 0.3) is 0 Å². The zero-order valence-electron chi connectivity index (χ0n) is 4.32. The van der Waals surface area contributed by atoms with E-state index in [0.29, 0.717) is 0 Å². The van der Waals surface area contributed by atoms with Gasteiger partial charge >= 0.3 is 0 Å². The SMILES string of the molecule is C=NO.c1ccsc1. The molecule has 8 heavy (non-hydrogen) atoms. The van der Waals surface area contributed by atoms with Gasteiger partial charge in [-0.2, -0.15) is 11.3 Å². The van der Waals surface area contributed by atoms with Gasteiger partial charge < -0.3 is 5.21 Å². The van der Waals surface area contributed by atoms with Gasteiger partial charge in [-0.05, 0) is 10.8 Å². The van der Waals surface area contributed by atoms with Gasteiger partial charge in [0.05, 0.1) is 0 Å². The first-order valence-corrected chi connectivity index (χ1v) is 2.93. The van der Waals surface area contributed by atoms with Crippen LogP contribution in [-0.4, -0.2) is 11.9 Å². The van der Waals surface area contributed by atoms with Crippen molar-refractivity contribution in [2.75, 3.05) is 0 Å². The maximum Gasteiger partial charge on any atom is 0.0298 e. The highest BCUT2D eigenvalue weighted by Crippen LogP contribution is 1.91. The molecule has 1 aromatic rings. The summed E-state index contributed by atoms with van der Waals surface area (Å²) < 4.78 is 0. The molecular formula is C5H7NOS. The van der Waals surface area contributed by atoms with Crippen LogP contribution in [0, 0.1) is 0 Å². The van der Waals surface area contributed by atoms with E-state index in [2.05, 4.69) is 11.9 Å². The Morgan fingerprint density at radius 3 is 1.88 bits per heavy atom. The molecule has 0 saturated carbocycles. The minimum Gasteiger partial charge on any atom is -0.411 e. The summed E-state index contributed by atoms with van der Waals surface area (Å²) in [5.74, 6) is 0. The predicted octanol–water partition coefficient (Wildman–Crippen LogP) is 1.82. The summed E-state index contributed by atoms with van der Waals surface area (Å²) >= 11 is 1.71. The van der Waals surface area contributed by atoms with Gasteiger partial charge in [0.2, 0.25) is 0 Å². The molecule has 0 aliphatic heterocycles. The third kappa shape index (κ3) is 5.17. The van der Waals surface area contributed by atoms with E-state index >= 15 is 0 Å². The fourth-order valence-electron chi connectivity index (χ4n) is 0.227. The van der Waals surface area contributed by atoms with Gasteiger partial charge in [0.25, 0.3) is 0 Å². The first kappa shape index (κ1) is 7.17. The number of nitrogens with zero attached hydrogens (tertiary/aromatic N) is 1. The highest BCUT2D eigenvalue weighted by molar-refractivity contribution is 7.07. The molecule has 0 spiro atoms. The second-order valence-electron chi connectivity index (χ2n) is 0.935. The largest absolute Gasteiger partial charge is 0.411 e. The molecular weight excluding hydrogens is 122 g/mol. The van der Waals surface area contributed by atoms with Gasteiger partial charge in [0.15, 0.2) is 0 Å². The molecule has 0 amide bonds. The van der Waals surface area contributed by atoms with E-state index in [4.69, 9.17) is 5.21 Å². The summed E-state index contributed by atoms with van der Waals surface area (Å²) in [6, 6.07) is 4.04. The van der Waals surface area contributed by atoms with E-state index < -0.39 is 0 Å². The molecule has 0 fully saturated rings. The molecule has 0 aromatic carbocycles. The van der Waals surface area contributed by atoms with Crippen LogP contribution in [0.5, 0.6) is 0 Å². The minimum atomic E-state index is 1.71. The first-order chi connectivity index (χ1) is 3.91. The van der Waals surface area contributed by atoms with Gasteiger partial charge in [-0.3, -0.25) is 0 Å². The Labute approximate surface area is 52.1 Å². The van der Waals surface area contributed by atoms with Crippen molar-refractivity contribution in [3.05, 3.63) is 22.9 Å². The van der Waals surface area contributed by atoms with E-state index in [1.165, 1.54) is 0 Å². The Hall–Kier alpha value is -0.830. The number of hydrogen-bond acceptors (Lipinski definition) is 3. The first-order valence-electron chi connectivity index (χ1n) is 1.99. The minimum absolute atomic E-state index is 1.71. The lowest BCUT2D eigenvalue weighted by molar-refractivity contribution is 0.323. The second-order valence-corrected chi connectivity index (χ2v) is 1.75. The highest BCUT2D eigenvalue weighted by atomic mass is 32.1. The van der Waals surface area contributed by atoms with Crippen molar-refractivity contribution >= 4 is 18.1 Å². The molecule has 3 heteroatoms. The summed E-state index contributed by atoms with van der Waals surface area (Å²) in [6.07, 6.45) is 0. The molecule has 0 saturated heterocycles. The summed E-state index contributed by atoms with van der Waals surface area (Å²) in [7, 11) is 0. The Balaban J connectivity index is 0.000000145. The Morgan fingerprint density at radius 1 is 1.38 bits per heavy atom. The van der Waals surface area contributed by atoms with Gasteiger partial charge in [0.1, 0.15) is 0 Å². The van der Waals surface area contributed by atoms with Gasteiger partial charge in [-0.25, -0.2) is 0 Å². The molecule has 1 N–H and O–H groups in total. The predicted molar refractivity (Wildman–Crippen MR) is 35.7 cm³/mol. The lowest BCUT2D eigenvalue weighted by atomic mass is 10.7. The van der Waals surface area contributed by atoms with Crippen molar-refractivity contribution < 1.29 is 5.21 Å². The summed E-state index contributed by atoms with van der Waals surface area (Å²) in [5.41, 5.74) is 0. The van der Waals surface area contributed by atoms with E-state index in [1.54, 1.807) is 11.3 Å². The van der Waals surface area contributed by atoms with Crippen molar-refractivity contribution in [3.8, 4) is 0 Å². The zero-order chi connectivity index (χ0) is 6.24. The average molecular weight is 129 g/mol. The van der Waals surface area contributed by atoms with Crippen molar-refractivity contribution in [2.45, 2.75) is 0 Å². The molecule has 0 aliphatic rings. The fourth-order valence-corrected chi connectivity index (χ4v) is 0.680. The van der Waals surface area contributed by atoms with Crippen molar-refractivity contribution in [1.82, 2.24) is 0 Å². The average Bonchev–Trinajstić information content (AvgIpc) is 2.17. The molecule has 1 aromatic heterocycles. The zero-order valence-corrected chi connectivity index (χ0v) is 5.14. The Bertz CT molecular complexity index is 98.8. The number of rotatable bonds is 0. The summed E-state index contributed by atoms with van der Waals surface area (Å²) in [4.78, 5) is 0. The summed E-state index contributed by atoms with van der Waals surface area (Å²) in [6.45, 7) is 2.67. The van der Waals surface area contributed by atoms with Crippen LogP contribution in [0.4, 0.5) is 0 Å². The van der Waals surface area contributed by atoms with Crippen LogP contribution in [0.15, 0.2) is 28.0 Å². The number of oxime groups is 1. The third-order valence-corrected chi connectivity index (χ3v) is 1.05. The van der Waals surface area contributed by atoms with E-state index in [0.717, 1.165) is 0 Å². The molecule has 44 valence electrons. The second kappa shape index (κ2) is 6.17. The highest BCUT2D eigenvalue weighted by Gasteiger charge is 1.58. The molecule has 0 radical (unpaired) electrons. The van der Waals surface area contributed by atoms with Crippen LogP contribution in [0.2, 0.25) is 0 Å². The molecule has 0 atom stereocenters. The van der Waals surface area contributed by atoms with Gasteiger partial charge in [0, 0.05) is 6.72 Å². The Morgan fingerprint density at radius 2 is 1.75 bits per heavy atom. The van der Waals surface area contributed by atoms with E-state index in [-0.39, 0.29) is 0 Å². The lowest BCUT2D eigenvalue weighted by Crippen LogP contribution is -1.30. The monoisotopic (exact) mass is 129 g/mol. The standard InChI is InChI=1S/C4H4S.CH3NO/c1-2-4-5-3-1;1-2-3/h1-4H;3H,1H2. The molecule has 2 nitrogen and oxygen atoms in total. The van der Waals surface area contributed by atoms with Crippen LogP contribution >= 0.6 is 11.3 Å². The van der Waals surface area contributed by atoms with Crippen molar-refractivity contribution in [1.29, 1.82) is 0 Å². The third-order valence-electron chi connectivity index (χ3n) is 0.425. The number of hydrogen-bond donors (Lipinski definition) is 1. The van der Waals surface area contributed by atoms with Gasteiger partial charge in [-0.1, -0.05) is 12.1 Å².